The minimum Gasteiger partial charge on any atom is -0.460 e. The quantitative estimate of drug-likeness (QED) is 0.797. The van der Waals surface area contributed by atoms with Gasteiger partial charge < -0.3 is 4.74 Å². The molecule has 0 aliphatic heterocycles. The van der Waals surface area contributed by atoms with Crippen LogP contribution in [0.1, 0.15) is 41.2 Å². The summed E-state index contributed by atoms with van der Waals surface area (Å²) in [6.07, 6.45) is 0. The van der Waals surface area contributed by atoms with Gasteiger partial charge in [0.15, 0.2) is 0 Å². The lowest BCUT2D eigenvalue weighted by Gasteiger charge is -2.14. The number of carbonyl (C=O) groups is 1. The summed E-state index contributed by atoms with van der Waals surface area (Å²) in [6, 6.07) is 4.05. The molecule has 0 fully saturated rings. The van der Waals surface area contributed by atoms with Gasteiger partial charge in [0, 0.05) is 4.88 Å². The Morgan fingerprint density at radius 1 is 1.56 bits per heavy atom. The lowest BCUT2D eigenvalue weighted by atomic mass is 10.2. The van der Waals surface area contributed by atoms with Crippen molar-refractivity contribution in [2.75, 3.05) is 6.61 Å². The van der Waals surface area contributed by atoms with Crippen molar-refractivity contribution in [1.29, 1.82) is 0 Å². The molecule has 2 aromatic rings. The normalized spacial score (nSPS) is 12.4. The SMILES string of the molecule is CCOC(=O)c1nnc(C)n1C(C)c1cccs1. The van der Waals surface area contributed by atoms with Gasteiger partial charge in [0.2, 0.25) is 5.82 Å². The molecule has 0 aliphatic carbocycles. The van der Waals surface area contributed by atoms with Crippen LogP contribution < -0.4 is 0 Å². The first-order valence-electron chi connectivity index (χ1n) is 5.77. The first kappa shape index (κ1) is 12.8. The maximum Gasteiger partial charge on any atom is 0.376 e. The van der Waals surface area contributed by atoms with E-state index in [0.717, 1.165) is 4.88 Å². The van der Waals surface area contributed by atoms with Crippen LogP contribution in [0.4, 0.5) is 0 Å². The van der Waals surface area contributed by atoms with Crippen molar-refractivity contribution in [2.24, 2.45) is 0 Å². The van der Waals surface area contributed by atoms with Crippen molar-refractivity contribution < 1.29 is 9.53 Å². The maximum absolute atomic E-state index is 11.8. The standard InChI is InChI=1S/C12H15N3O2S/c1-4-17-12(16)11-14-13-9(3)15(11)8(2)10-6-5-7-18-10/h5-8H,4H2,1-3H3. The van der Waals surface area contributed by atoms with Crippen molar-refractivity contribution in [3.8, 4) is 0 Å². The molecule has 0 amide bonds. The van der Waals surface area contributed by atoms with Crippen LogP contribution in [0.3, 0.4) is 0 Å². The molecular weight excluding hydrogens is 250 g/mol. The van der Waals surface area contributed by atoms with E-state index in [-0.39, 0.29) is 11.9 Å². The van der Waals surface area contributed by atoms with Gasteiger partial charge in [-0.1, -0.05) is 6.07 Å². The highest BCUT2D eigenvalue weighted by Crippen LogP contribution is 2.24. The molecule has 0 saturated carbocycles. The molecule has 2 heterocycles. The molecule has 2 aromatic heterocycles. The van der Waals surface area contributed by atoms with Crippen LogP contribution >= 0.6 is 11.3 Å². The van der Waals surface area contributed by atoms with E-state index in [9.17, 15) is 4.79 Å². The van der Waals surface area contributed by atoms with Gasteiger partial charge >= 0.3 is 5.97 Å². The van der Waals surface area contributed by atoms with Crippen LogP contribution in [0.2, 0.25) is 0 Å². The number of ether oxygens (including phenoxy) is 1. The van der Waals surface area contributed by atoms with Crippen LogP contribution in [0.5, 0.6) is 0 Å². The van der Waals surface area contributed by atoms with Gasteiger partial charge in [-0.2, -0.15) is 0 Å². The lowest BCUT2D eigenvalue weighted by molar-refractivity contribution is 0.0504. The fourth-order valence-corrected chi connectivity index (χ4v) is 2.60. The van der Waals surface area contributed by atoms with E-state index >= 15 is 0 Å². The van der Waals surface area contributed by atoms with Gasteiger partial charge in [-0.15, -0.1) is 21.5 Å². The molecule has 6 heteroatoms. The number of nitrogens with zero attached hydrogens (tertiary/aromatic N) is 3. The number of carbonyl (C=O) groups excluding carboxylic acids is 1. The number of thiophene rings is 1. The van der Waals surface area contributed by atoms with Crippen LogP contribution in [0.15, 0.2) is 17.5 Å². The molecule has 1 atom stereocenters. The summed E-state index contributed by atoms with van der Waals surface area (Å²) in [5, 5.41) is 9.89. The Labute approximate surface area is 109 Å². The smallest absolute Gasteiger partial charge is 0.376 e. The number of hydrogen-bond donors (Lipinski definition) is 0. The zero-order valence-corrected chi connectivity index (χ0v) is 11.4. The molecule has 2 rings (SSSR count). The van der Waals surface area contributed by atoms with Crippen molar-refractivity contribution in [1.82, 2.24) is 14.8 Å². The van der Waals surface area contributed by atoms with Gasteiger partial charge in [0.05, 0.1) is 12.6 Å². The third kappa shape index (κ3) is 2.28. The van der Waals surface area contributed by atoms with E-state index in [1.807, 2.05) is 35.9 Å². The Kier molecular flexibility index (Phi) is 3.76. The van der Waals surface area contributed by atoms with E-state index < -0.39 is 5.97 Å². The summed E-state index contributed by atoms with van der Waals surface area (Å²) >= 11 is 1.64. The predicted octanol–water partition coefficient (Wildman–Crippen LogP) is 2.43. The molecule has 0 N–H and O–H groups in total. The van der Waals surface area contributed by atoms with Crippen LogP contribution in [-0.2, 0) is 4.74 Å². The van der Waals surface area contributed by atoms with Gasteiger partial charge in [0.25, 0.3) is 0 Å². The Balaban J connectivity index is 2.38. The highest BCUT2D eigenvalue weighted by molar-refractivity contribution is 7.10. The van der Waals surface area contributed by atoms with Gasteiger partial charge in [-0.05, 0) is 32.2 Å². The second-order valence-corrected chi connectivity index (χ2v) is 4.83. The average Bonchev–Trinajstić information content (AvgIpc) is 2.97. The molecule has 96 valence electrons. The minimum atomic E-state index is -0.429. The van der Waals surface area contributed by atoms with Crippen molar-refractivity contribution in [3.63, 3.8) is 0 Å². The Morgan fingerprint density at radius 2 is 2.33 bits per heavy atom. The highest BCUT2D eigenvalue weighted by Gasteiger charge is 2.22. The molecular formula is C12H15N3O2S. The van der Waals surface area contributed by atoms with E-state index in [0.29, 0.717) is 12.4 Å². The second kappa shape index (κ2) is 5.30. The summed E-state index contributed by atoms with van der Waals surface area (Å²) < 4.78 is 6.80. The molecule has 0 bridgehead atoms. The van der Waals surface area contributed by atoms with E-state index in [2.05, 4.69) is 10.2 Å². The van der Waals surface area contributed by atoms with Crippen LogP contribution in [0.25, 0.3) is 0 Å². The second-order valence-electron chi connectivity index (χ2n) is 3.85. The minimum absolute atomic E-state index is 0.0272. The van der Waals surface area contributed by atoms with E-state index in [1.54, 1.807) is 18.3 Å². The van der Waals surface area contributed by atoms with E-state index in [1.165, 1.54) is 0 Å². The number of rotatable bonds is 4. The largest absolute Gasteiger partial charge is 0.460 e. The number of hydrogen-bond acceptors (Lipinski definition) is 5. The van der Waals surface area contributed by atoms with Crippen molar-refractivity contribution in [2.45, 2.75) is 26.8 Å². The summed E-state index contributed by atoms with van der Waals surface area (Å²) in [6.45, 7) is 5.96. The third-order valence-corrected chi connectivity index (χ3v) is 3.71. The molecule has 1 unspecified atom stereocenters. The highest BCUT2D eigenvalue weighted by atomic mass is 32.1. The fraction of sp³-hybridized carbons (Fsp3) is 0.417. The Hall–Kier alpha value is -1.69. The third-order valence-electron chi connectivity index (χ3n) is 2.67. The summed E-state index contributed by atoms with van der Waals surface area (Å²) in [4.78, 5) is 13.0. The Bertz CT molecular complexity index is 534. The zero-order valence-electron chi connectivity index (χ0n) is 10.6. The number of aryl methyl sites for hydroxylation is 1. The molecule has 5 nitrogen and oxygen atoms in total. The maximum atomic E-state index is 11.8. The topological polar surface area (TPSA) is 57.0 Å². The summed E-state index contributed by atoms with van der Waals surface area (Å²) in [5.41, 5.74) is 0. The molecule has 0 radical (unpaired) electrons. The molecule has 0 spiro atoms. The average molecular weight is 265 g/mol. The van der Waals surface area contributed by atoms with Crippen molar-refractivity contribution >= 4 is 17.3 Å². The van der Waals surface area contributed by atoms with Gasteiger partial charge in [-0.3, -0.25) is 4.57 Å². The van der Waals surface area contributed by atoms with Crippen LogP contribution in [-0.4, -0.2) is 27.3 Å². The number of aromatic nitrogens is 3. The molecule has 0 saturated heterocycles. The van der Waals surface area contributed by atoms with E-state index in [4.69, 9.17) is 4.74 Å². The number of esters is 1. The molecule has 0 aromatic carbocycles. The fourth-order valence-electron chi connectivity index (χ4n) is 1.82. The Morgan fingerprint density at radius 3 is 2.94 bits per heavy atom. The van der Waals surface area contributed by atoms with Gasteiger partial charge in [-0.25, -0.2) is 4.79 Å². The monoisotopic (exact) mass is 265 g/mol. The summed E-state index contributed by atoms with van der Waals surface area (Å²) in [5.74, 6) is 0.538. The zero-order chi connectivity index (χ0) is 13.1. The molecule has 18 heavy (non-hydrogen) atoms. The first-order chi connectivity index (χ1) is 8.65. The summed E-state index contributed by atoms with van der Waals surface area (Å²) in [7, 11) is 0. The van der Waals surface area contributed by atoms with Crippen molar-refractivity contribution in [3.05, 3.63) is 34.0 Å². The lowest BCUT2D eigenvalue weighted by Crippen LogP contribution is -2.17. The predicted molar refractivity (Wildman–Crippen MR) is 68.8 cm³/mol. The molecule has 0 aliphatic rings. The van der Waals surface area contributed by atoms with Gasteiger partial charge in [0.1, 0.15) is 5.82 Å². The first-order valence-corrected chi connectivity index (χ1v) is 6.65. The van der Waals surface area contributed by atoms with Crippen LogP contribution in [0, 0.1) is 6.92 Å².